The van der Waals surface area contributed by atoms with Crippen LogP contribution in [0.25, 0.3) is 0 Å². The number of sulfonamides is 1. The molecule has 7 heteroatoms. The van der Waals surface area contributed by atoms with Crippen molar-refractivity contribution in [3.8, 4) is 0 Å². The molecule has 0 atom stereocenters. The molecule has 0 bridgehead atoms. The Kier molecular flexibility index (Phi) is 4.33. The molecule has 2 rings (SSSR count). The molecule has 0 aromatic heterocycles. The molecule has 0 aliphatic heterocycles. The monoisotopic (exact) mass is 299 g/mol. The first-order valence-electron chi connectivity index (χ1n) is 6.63. The van der Waals surface area contributed by atoms with E-state index in [-0.39, 0.29) is 11.4 Å². The van der Waals surface area contributed by atoms with Gasteiger partial charge in [-0.05, 0) is 37.1 Å². The Hall–Kier alpha value is -1.15. The number of hydrazine groups is 1. The number of rotatable bonds is 5. The largest absolute Gasteiger partial charge is 0.389 e. The van der Waals surface area contributed by atoms with Crippen LogP contribution in [-0.4, -0.2) is 37.0 Å². The summed E-state index contributed by atoms with van der Waals surface area (Å²) in [6.45, 7) is 0.131. The van der Waals surface area contributed by atoms with Crippen molar-refractivity contribution >= 4 is 15.7 Å². The maximum atomic E-state index is 12.4. The first-order chi connectivity index (χ1) is 9.37. The Morgan fingerprint density at radius 3 is 2.35 bits per heavy atom. The van der Waals surface area contributed by atoms with E-state index in [0.29, 0.717) is 18.5 Å². The van der Waals surface area contributed by atoms with E-state index in [9.17, 15) is 13.5 Å². The molecule has 1 aromatic rings. The molecular weight excluding hydrogens is 278 g/mol. The van der Waals surface area contributed by atoms with E-state index in [4.69, 9.17) is 5.84 Å². The van der Waals surface area contributed by atoms with Crippen LogP contribution < -0.4 is 11.3 Å². The fourth-order valence-corrected chi connectivity index (χ4v) is 3.84. The predicted octanol–water partition coefficient (Wildman–Crippen LogP) is 0.898. The molecule has 0 radical (unpaired) electrons. The Bertz CT molecular complexity index is 551. The molecule has 0 spiro atoms. The third-order valence-electron chi connectivity index (χ3n) is 3.78. The van der Waals surface area contributed by atoms with Gasteiger partial charge in [-0.1, -0.05) is 12.8 Å². The summed E-state index contributed by atoms with van der Waals surface area (Å²) in [6, 6.07) is 6.20. The number of nitrogens with one attached hydrogen (secondary N) is 1. The van der Waals surface area contributed by atoms with Crippen molar-refractivity contribution in [2.45, 2.75) is 36.2 Å². The van der Waals surface area contributed by atoms with E-state index in [1.165, 1.54) is 23.5 Å². The second-order valence-electron chi connectivity index (χ2n) is 5.36. The zero-order valence-electron chi connectivity index (χ0n) is 11.5. The number of nitrogen functional groups attached to an aromatic ring is 1. The summed E-state index contributed by atoms with van der Waals surface area (Å²) < 4.78 is 26.1. The van der Waals surface area contributed by atoms with Gasteiger partial charge in [0.15, 0.2) is 0 Å². The van der Waals surface area contributed by atoms with Crippen LogP contribution in [0.15, 0.2) is 29.2 Å². The first-order valence-corrected chi connectivity index (χ1v) is 8.07. The normalized spacial score (nSPS) is 18.4. The van der Waals surface area contributed by atoms with Crippen molar-refractivity contribution in [3.63, 3.8) is 0 Å². The lowest BCUT2D eigenvalue weighted by Crippen LogP contribution is -2.41. The molecule has 4 N–H and O–H groups in total. The van der Waals surface area contributed by atoms with Crippen LogP contribution in [0.2, 0.25) is 0 Å². The number of benzene rings is 1. The van der Waals surface area contributed by atoms with Gasteiger partial charge in [0.05, 0.1) is 10.5 Å². The molecule has 0 unspecified atom stereocenters. The molecule has 6 nitrogen and oxygen atoms in total. The van der Waals surface area contributed by atoms with Crippen LogP contribution in [-0.2, 0) is 10.0 Å². The fourth-order valence-electron chi connectivity index (χ4n) is 2.59. The molecule has 1 fully saturated rings. The molecule has 0 heterocycles. The zero-order valence-corrected chi connectivity index (χ0v) is 12.4. The third kappa shape index (κ3) is 3.12. The summed E-state index contributed by atoms with van der Waals surface area (Å²) in [4.78, 5) is 0.195. The van der Waals surface area contributed by atoms with Crippen molar-refractivity contribution in [1.29, 1.82) is 0 Å². The number of aliphatic hydroxyl groups is 1. The van der Waals surface area contributed by atoms with Crippen LogP contribution in [0.3, 0.4) is 0 Å². The van der Waals surface area contributed by atoms with Gasteiger partial charge in [-0.3, -0.25) is 5.84 Å². The Morgan fingerprint density at radius 2 is 1.85 bits per heavy atom. The summed E-state index contributed by atoms with van der Waals surface area (Å²) in [5, 5.41) is 10.3. The summed E-state index contributed by atoms with van der Waals surface area (Å²) >= 11 is 0. The van der Waals surface area contributed by atoms with Crippen molar-refractivity contribution in [1.82, 2.24) is 4.31 Å². The molecule has 20 heavy (non-hydrogen) atoms. The second kappa shape index (κ2) is 5.69. The number of hydrogen-bond acceptors (Lipinski definition) is 5. The molecule has 112 valence electrons. The van der Waals surface area contributed by atoms with E-state index >= 15 is 0 Å². The quantitative estimate of drug-likeness (QED) is 0.554. The minimum atomic E-state index is -3.58. The van der Waals surface area contributed by atoms with Crippen molar-refractivity contribution in [2.75, 3.05) is 19.0 Å². The summed E-state index contributed by atoms with van der Waals surface area (Å²) in [5.74, 6) is 5.25. The van der Waals surface area contributed by atoms with Crippen molar-refractivity contribution < 1.29 is 13.5 Å². The maximum Gasteiger partial charge on any atom is 0.242 e. The molecule has 1 aliphatic rings. The molecule has 1 saturated carbocycles. The molecule has 0 saturated heterocycles. The first kappa shape index (κ1) is 15.2. The highest BCUT2D eigenvalue weighted by atomic mass is 32.2. The van der Waals surface area contributed by atoms with E-state index in [2.05, 4.69) is 5.43 Å². The summed E-state index contributed by atoms with van der Waals surface area (Å²) in [7, 11) is -2.08. The lowest BCUT2D eigenvalue weighted by atomic mass is 10.0. The maximum absolute atomic E-state index is 12.4. The minimum absolute atomic E-state index is 0.131. The van der Waals surface area contributed by atoms with Gasteiger partial charge in [0.2, 0.25) is 10.0 Å². The summed E-state index contributed by atoms with van der Waals surface area (Å²) in [6.07, 6.45) is 3.20. The third-order valence-corrected chi connectivity index (χ3v) is 5.60. The van der Waals surface area contributed by atoms with Gasteiger partial charge in [0, 0.05) is 19.3 Å². The number of nitrogens with zero attached hydrogens (tertiary/aromatic N) is 1. The van der Waals surface area contributed by atoms with Crippen molar-refractivity contribution in [3.05, 3.63) is 24.3 Å². The predicted molar refractivity (Wildman–Crippen MR) is 77.5 cm³/mol. The van der Waals surface area contributed by atoms with E-state index in [1.807, 2.05) is 0 Å². The number of likely N-dealkylation sites (N-methyl/N-ethyl adjacent to an activating group) is 1. The van der Waals surface area contributed by atoms with Crippen LogP contribution in [0, 0.1) is 0 Å². The lowest BCUT2D eigenvalue weighted by molar-refractivity contribution is 0.0333. The number of hydrogen-bond donors (Lipinski definition) is 3. The smallest absolute Gasteiger partial charge is 0.242 e. The Morgan fingerprint density at radius 1 is 1.30 bits per heavy atom. The number of nitrogens with two attached hydrogens (primary N) is 1. The molecular formula is C13H21N3O3S. The minimum Gasteiger partial charge on any atom is -0.389 e. The van der Waals surface area contributed by atoms with Gasteiger partial charge in [0.25, 0.3) is 0 Å². The van der Waals surface area contributed by atoms with Gasteiger partial charge < -0.3 is 10.5 Å². The van der Waals surface area contributed by atoms with E-state index in [1.54, 1.807) is 12.1 Å². The molecule has 1 aromatic carbocycles. The fraction of sp³-hybridized carbons (Fsp3) is 0.538. The zero-order chi connectivity index (χ0) is 14.8. The van der Waals surface area contributed by atoms with Gasteiger partial charge in [-0.15, -0.1) is 0 Å². The van der Waals surface area contributed by atoms with Gasteiger partial charge in [-0.2, -0.15) is 4.31 Å². The Labute approximate surface area is 119 Å². The van der Waals surface area contributed by atoms with Gasteiger partial charge in [-0.25, -0.2) is 8.42 Å². The lowest BCUT2D eigenvalue weighted by Gasteiger charge is -2.28. The van der Waals surface area contributed by atoms with Crippen LogP contribution in [0.1, 0.15) is 25.7 Å². The topological polar surface area (TPSA) is 95.7 Å². The van der Waals surface area contributed by atoms with E-state index < -0.39 is 15.6 Å². The van der Waals surface area contributed by atoms with Gasteiger partial charge >= 0.3 is 0 Å². The van der Waals surface area contributed by atoms with Crippen molar-refractivity contribution in [2.24, 2.45) is 5.84 Å². The highest BCUT2D eigenvalue weighted by Gasteiger charge is 2.35. The highest BCUT2D eigenvalue weighted by Crippen LogP contribution is 2.31. The van der Waals surface area contributed by atoms with Crippen LogP contribution in [0.4, 0.5) is 5.69 Å². The molecule has 0 amide bonds. The second-order valence-corrected chi connectivity index (χ2v) is 7.41. The highest BCUT2D eigenvalue weighted by molar-refractivity contribution is 7.89. The average molecular weight is 299 g/mol. The average Bonchev–Trinajstić information content (AvgIpc) is 2.85. The Balaban J connectivity index is 2.15. The number of anilines is 1. The van der Waals surface area contributed by atoms with Crippen LogP contribution in [0.5, 0.6) is 0 Å². The van der Waals surface area contributed by atoms with Gasteiger partial charge in [0.1, 0.15) is 0 Å². The van der Waals surface area contributed by atoms with E-state index in [0.717, 1.165) is 12.8 Å². The SMILES string of the molecule is CN(CC1(O)CCCC1)S(=O)(=O)c1ccc(NN)cc1. The molecule has 1 aliphatic carbocycles. The standard InChI is InChI=1S/C13H21N3O3S/c1-16(10-13(17)8-2-3-9-13)20(18,19)12-6-4-11(15-14)5-7-12/h4-7,15,17H,2-3,8-10,14H2,1H3. The van der Waals surface area contributed by atoms with Crippen LogP contribution >= 0.6 is 0 Å². The summed E-state index contributed by atoms with van der Waals surface area (Å²) in [5.41, 5.74) is 2.20.